The van der Waals surface area contributed by atoms with Crippen molar-refractivity contribution in [2.45, 2.75) is 43.7 Å². The molecule has 2 heterocycles. The number of carbonyl (C=O) groups excluding carboxylic acids is 3. The smallest absolute Gasteiger partial charge is 0.322 e. The largest absolute Gasteiger partial charge is 0.335 e. The normalized spacial score (nSPS) is 28.9. The molecule has 3 atom stereocenters. The van der Waals surface area contributed by atoms with Crippen LogP contribution >= 0.6 is 0 Å². The maximum Gasteiger partial charge on any atom is 0.322 e. The Balaban J connectivity index is 1.18. The molecular formula is C23H26N4O3. The second kappa shape index (κ2) is 7.00. The molecule has 7 heteroatoms. The number of nitrogens with zero attached hydrogens (tertiary/aromatic N) is 1. The van der Waals surface area contributed by atoms with E-state index < -0.39 is 11.6 Å². The monoisotopic (exact) mass is 406 g/mol. The van der Waals surface area contributed by atoms with Gasteiger partial charge in [-0.05, 0) is 48.4 Å². The van der Waals surface area contributed by atoms with E-state index in [1.165, 1.54) is 16.3 Å². The molecule has 1 unspecified atom stereocenters. The fourth-order valence-corrected chi connectivity index (χ4v) is 5.03. The Labute approximate surface area is 175 Å². The first-order chi connectivity index (χ1) is 14.5. The number of hydrogen-bond donors (Lipinski definition) is 3. The molecule has 0 aromatic heterocycles. The fraction of sp³-hybridized carbons (Fsp3) is 0.435. The third-order valence-electron chi connectivity index (χ3n) is 6.99. The van der Waals surface area contributed by atoms with E-state index >= 15 is 0 Å². The quantitative estimate of drug-likeness (QED) is 0.685. The van der Waals surface area contributed by atoms with Gasteiger partial charge in [0.15, 0.2) is 0 Å². The molecule has 2 aromatic rings. The molecule has 3 fully saturated rings. The first-order valence-corrected chi connectivity index (χ1v) is 10.6. The molecule has 3 N–H and O–H groups in total. The molecule has 1 aliphatic carbocycles. The summed E-state index contributed by atoms with van der Waals surface area (Å²) >= 11 is 0. The van der Waals surface area contributed by atoms with Crippen LogP contribution in [0.15, 0.2) is 42.5 Å². The molecule has 0 spiro atoms. The van der Waals surface area contributed by atoms with Crippen molar-refractivity contribution in [2.75, 3.05) is 13.1 Å². The van der Waals surface area contributed by atoms with Gasteiger partial charge in [0.05, 0.1) is 0 Å². The number of fused-ring (bicyclic) bond motifs is 1. The van der Waals surface area contributed by atoms with Crippen molar-refractivity contribution < 1.29 is 14.4 Å². The lowest BCUT2D eigenvalue weighted by Crippen LogP contribution is -2.55. The SMILES string of the molecule is CC1(C2CCN(C(=O)N[C@@H]3C[C@H]3c3cccc4ccccc34)CC2)NC(=O)NC1=O. The highest BCUT2D eigenvalue weighted by molar-refractivity contribution is 6.07. The number of rotatable bonds is 3. The average Bonchev–Trinajstić information content (AvgIpc) is 3.45. The second-order valence-corrected chi connectivity index (χ2v) is 8.84. The van der Waals surface area contributed by atoms with Crippen LogP contribution in [0.3, 0.4) is 0 Å². The summed E-state index contributed by atoms with van der Waals surface area (Å²) in [6.07, 6.45) is 2.34. The maximum atomic E-state index is 12.8. The molecule has 30 heavy (non-hydrogen) atoms. The molecule has 5 amide bonds. The number of hydrogen-bond acceptors (Lipinski definition) is 3. The van der Waals surface area contributed by atoms with E-state index in [1.807, 2.05) is 11.0 Å². The number of piperidine rings is 1. The van der Waals surface area contributed by atoms with Gasteiger partial charge in [0.2, 0.25) is 0 Å². The van der Waals surface area contributed by atoms with Crippen LogP contribution < -0.4 is 16.0 Å². The first-order valence-electron chi connectivity index (χ1n) is 10.6. The van der Waals surface area contributed by atoms with E-state index in [1.54, 1.807) is 6.92 Å². The van der Waals surface area contributed by atoms with E-state index in [4.69, 9.17) is 0 Å². The first kappa shape index (κ1) is 18.9. The zero-order valence-electron chi connectivity index (χ0n) is 17.0. The Bertz CT molecular complexity index is 1020. The summed E-state index contributed by atoms with van der Waals surface area (Å²) in [6.45, 7) is 2.94. The van der Waals surface area contributed by atoms with E-state index in [9.17, 15) is 14.4 Å². The third kappa shape index (κ3) is 3.18. The highest BCUT2D eigenvalue weighted by Gasteiger charge is 2.49. The molecule has 3 aliphatic rings. The lowest BCUT2D eigenvalue weighted by Gasteiger charge is -2.38. The number of amides is 5. The minimum atomic E-state index is -0.879. The van der Waals surface area contributed by atoms with Crippen LogP contribution in [0, 0.1) is 5.92 Å². The Morgan fingerprint density at radius 2 is 1.83 bits per heavy atom. The molecule has 1 saturated carbocycles. The van der Waals surface area contributed by atoms with E-state index in [2.05, 4.69) is 52.3 Å². The van der Waals surface area contributed by atoms with Crippen LogP contribution in [0.5, 0.6) is 0 Å². The molecular weight excluding hydrogens is 380 g/mol. The average molecular weight is 406 g/mol. The van der Waals surface area contributed by atoms with Gasteiger partial charge in [0, 0.05) is 25.0 Å². The van der Waals surface area contributed by atoms with Gasteiger partial charge in [-0.15, -0.1) is 0 Å². The van der Waals surface area contributed by atoms with Gasteiger partial charge in [-0.2, -0.15) is 0 Å². The summed E-state index contributed by atoms with van der Waals surface area (Å²) in [6, 6.07) is 14.4. The summed E-state index contributed by atoms with van der Waals surface area (Å²) in [5.41, 5.74) is 0.420. The molecule has 156 valence electrons. The topological polar surface area (TPSA) is 90.5 Å². The van der Waals surface area contributed by atoms with Crippen molar-refractivity contribution in [2.24, 2.45) is 5.92 Å². The van der Waals surface area contributed by atoms with Crippen molar-refractivity contribution in [3.63, 3.8) is 0 Å². The van der Waals surface area contributed by atoms with Gasteiger partial charge in [-0.1, -0.05) is 42.5 Å². The van der Waals surface area contributed by atoms with E-state index in [-0.39, 0.29) is 23.9 Å². The Morgan fingerprint density at radius 3 is 2.57 bits per heavy atom. The van der Waals surface area contributed by atoms with Crippen LogP contribution in [0.2, 0.25) is 0 Å². The van der Waals surface area contributed by atoms with Gasteiger partial charge < -0.3 is 15.5 Å². The molecule has 0 radical (unpaired) electrons. The molecule has 0 bridgehead atoms. The minimum Gasteiger partial charge on any atom is -0.335 e. The Morgan fingerprint density at radius 1 is 1.10 bits per heavy atom. The van der Waals surface area contributed by atoms with Crippen LogP contribution in [0.1, 0.15) is 37.7 Å². The van der Waals surface area contributed by atoms with E-state index in [0.29, 0.717) is 31.8 Å². The van der Waals surface area contributed by atoms with Crippen LogP contribution in [-0.4, -0.2) is 47.5 Å². The summed E-state index contributed by atoms with van der Waals surface area (Å²) in [5, 5.41) is 10.7. The maximum absolute atomic E-state index is 12.8. The third-order valence-corrected chi connectivity index (χ3v) is 6.99. The van der Waals surface area contributed by atoms with Crippen molar-refractivity contribution in [3.8, 4) is 0 Å². The van der Waals surface area contributed by atoms with Crippen LogP contribution in [-0.2, 0) is 4.79 Å². The number of nitrogens with one attached hydrogen (secondary N) is 3. The molecule has 7 nitrogen and oxygen atoms in total. The van der Waals surface area contributed by atoms with Crippen molar-refractivity contribution >= 4 is 28.7 Å². The summed E-state index contributed by atoms with van der Waals surface area (Å²) in [4.78, 5) is 38.3. The highest BCUT2D eigenvalue weighted by Crippen LogP contribution is 2.43. The van der Waals surface area contributed by atoms with Gasteiger partial charge >= 0.3 is 12.1 Å². The van der Waals surface area contributed by atoms with Gasteiger partial charge in [-0.25, -0.2) is 9.59 Å². The van der Waals surface area contributed by atoms with E-state index in [0.717, 1.165) is 6.42 Å². The predicted octanol–water partition coefficient (Wildman–Crippen LogP) is 2.72. The molecule has 2 aliphatic heterocycles. The number of likely N-dealkylation sites (tertiary alicyclic amines) is 1. The Hall–Kier alpha value is -3.09. The van der Waals surface area contributed by atoms with Gasteiger partial charge in [-0.3, -0.25) is 10.1 Å². The summed E-state index contributed by atoms with van der Waals surface area (Å²) < 4.78 is 0. The van der Waals surface area contributed by atoms with Crippen molar-refractivity contribution in [1.29, 1.82) is 0 Å². The lowest BCUT2D eigenvalue weighted by molar-refractivity contribution is -0.125. The highest BCUT2D eigenvalue weighted by atomic mass is 16.2. The number of imide groups is 1. The van der Waals surface area contributed by atoms with Crippen molar-refractivity contribution in [1.82, 2.24) is 20.9 Å². The zero-order chi connectivity index (χ0) is 20.9. The number of benzene rings is 2. The van der Waals surface area contributed by atoms with Crippen LogP contribution in [0.4, 0.5) is 9.59 Å². The number of urea groups is 2. The summed E-state index contributed by atoms with van der Waals surface area (Å²) in [7, 11) is 0. The molecule has 2 aromatic carbocycles. The zero-order valence-corrected chi connectivity index (χ0v) is 17.0. The lowest BCUT2D eigenvalue weighted by atomic mass is 9.79. The predicted molar refractivity (Wildman–Crippen MR) is 113 cm³/mol. The Kier molecular flexibility index (Phi) is 4.41. The van der Waals surface area contributed by atoms with Gasteiger partial charge in [0.25, 0.3) is 5.91 Å². The number of carbonyl (C=O) groups is 3. The standard InChI is InChI=1S/C23H26N4O3/c1-23(20(28)25-21(29)26-23)15-9-11-27(12-10-15)22(30)24-19-13-18(19)17-8-4-6-14-5-2-3-7-16(14)17/h2-8,15,18-19H,9-13H2,1H3,(H,24,30)(H2,25,26,28,29)/t18-,19+,23?/m0/s1. The van der Waals surface area contributed by atoms with Gasteiger partial charge in [0.1, 0.15) is 5.54 Å². The van der Waals surface area contributed by atoms with Crippen LogP contribution in [0.25, 0.3) is 10.8 Å². The second-order valence-electron chi connectivity index (χ2n) is 8.84. The fourth-order valence-electron chi connectivity index (χ4n) is 5.03. The summed E-state index contributed by atoms with van der Waals surface area (Å²) in [5.74, 6) is 0.109. The molecule has 5 rings (SSSR count). The minimum absolute atomic E-state index is 0.0253. The van der Waals surface area contributed by atoms with Crippen molar-refractivity contribution in [3.05, 3.63) is 48.0 Å². The molecule has 2 saturated heterocycles.